The van der Waals surface area contributed by atoms with Gasteiger partial charge in [0.1, 0.15) is 5.15 Å². The van der Waals surface area contributed by atoms with Crippen LogP contribution < -0.4 is 5.32 Å². The molecule has 25 heavy (non-hydrogen) atoms. The molecule has 0 aliphatic carbocycles. The number of esters is 1. The summed E-state index contributed by atoms with van der Waals surface area (Å²) in [6.45, 7) is -0.604. The second-order valence-electron chi connectivity index (χ2n) is 4.51. The summed E-state index contributed by atoms with van der Waals surface area (Å²) in [6, 6.07) is 6.58. The number of nitrogens with one attached hydrogen (secondary N) is 1. The van der Waals surface area contributed by atoms with E-state index in [9.17, 15) is 19.7 Å². The normalized spacial score (nSPS) is 10.2. The molecule has 0 spiro atoms. The van der Waals surface area contributed by atoms with Gasteiger partial charge in [-0.2, -0.15) is 0 Å². The van der Waals surface area contributed by atoms with E-state index in [0.717, 1.165) is 0 Å². The molecule has 1 heterocycles. The summed E-state index contributed by atoms with van der Waals surface area (Å²) in [4.78, 5) is 37.5. The van der Waals surface area contributed by atoms with Gasteiger partial charge in [-0.25, -0.2) is 9.78 Å². The number of ether oxygens (including phenoxy) is 1. The SMILES string of the molecule is O=C(COC(=O)c1nc(Cl)ccc1Cl)Nc1ccc([N+](=O)[O-])cc1Br. The molecule has 2 rings (SSSR count). The Morgan fingerprint density at radius 3 is 2.64 bits per heavy atom. The first-order valence-corrected chi connectivity index (χ1v) is 8.06. The number of hydrogen-bond acceptors (Lipinski definition) is 6. The molecule has 0 aliphatic rings. The Morgan fingerprint density at radius 1 is 1.28 bits per heavy atom. The van der Waals surface area contributed by atoms with Gasteiger partial charge < -0.3 is 10.1 Å². The molecule has 1 aromatic carbocycles. The van der Waals surface area contributed by atoms with E-state index in [1.807, 2.05) is 0 Å². The molecule has 2 aromatic rings. The molecule has 0 radical (unpaired) electrons. The summed E-state index contributed by atoms with van der Waals surface area (Å²) in [5.74, 6) is -1.56. The molecule has 11 heteroatoms. The molecular formula is C14H8BrCl2N3O5. The standard InChI is InChI=1S/C14H8BrCl2N3O5/c15-8-5-7(20(23)24)1-3-10(8)18-12(21)6-25-14(22)13-9(16)2-4-11(17)19-13/h1-5H,6H2,(H,18,21). The Labute approximate surface area is 159 Å². The number of hydrogen-bond donors (Lipinski definition) is 1. The number of pyridine rings is 1. The zero-order valence-electron chi connectivity index (χ0n) is 12.2. The third kappa shape index (κ3) is 5.12. The molecule has 8 nitrogen and oxygen atoms in total. The van der Waals surface area contributed by atoms with Crippen molar-refractivity contribution >= 4 is 62.4 Å². The van der Waals surface area contributed by atoms with Crippen molar-refractivity contribution in [3.05, 3.63) is 60.8 Å². The first-order valence-electron chi connectivity index (χ1n) is 6.51. The summed E-state index contributed by atoms with van der Waals surface area (Å²) in [5.41, 5.74) is -0.0676. The highest BCUT2D eigenvalue weighted by Crippen LogP contribution is 2.27. The van der Waals surface area contributed by atoms with Gasteiger partial charge in [-0.3, -0.25) is 14.9 Å². The number of amides is 1. The van der Waals surface area contributed by atoms with E-state index in [1.54, 1.807) is 0 Å². The van der Waals surface area contributed by atoms with Gasteiger partial charge in [0.2, 0.25) is 0 Å². The molecule has 0 unspecified atom stereocenters. The second-order valence-corrected chi connectivity index (χ2v) is 6.16. The maximum absolute atomic E-state index is 11.9. The molecule has 0 aliphatic heterocycles. The smallest absolute Gasteiger partial charge is 0.359 e. The monoisotopic (exact) mass is 447 g/mol. The Kier molecular flexibility index (Phi) is 6.29. The van der Waals surface area contributed by atoms with E-state index >= 15 is 0 Å². The van der Waals surface area contributed by atoms with E-state index in [-0.39, 0.29) is 27.2 Å². The molecular weight excluding hydrogens is 441 g/mol. The van der Waals surface area contributed by atoms with Crippen LogP contribution in [0, 0.1) is 10.1 Å². The Balaban J connectivity index is 1.98. The zero-order chi connectivity index (χ0) is 18.6. The minimum absolute atomic E-state index is 0.0351. The first-order chi connectivity index (χ1) is 11.8. The Hall–Kier alpha value is -2.23. The van der Waals surface area contributed by atoms with E-state index in [1.165, 1.54) is 30.3 Å². The fourth-order valence-electron chi connectivity index (χ4n) is 1.67. The minimum atomic E-state index is -0.912. The molecule has 0 saturated carbocycles. The van der Waals surface area contributed by atoms with Gasteiger partial charge in [0, 0.05) is 16.6 Å². The number of aromatic nitrogens is 1. The fraction of sp³-hybridized carbons (Fsp3) is 0.0714. The van der Waals surface area contributed by atoms with Crippen LogP contribution >= 0.6 is 39.1 Å². The average Bonchev–Trinajstić information content (AvgIpc) is 2.56. The summed E-state index contributed by atoms with van der Waals surface area (Å²) in [7, 11) is 0. The van der Waals surface area contributed by atoms with E-state index in [2.05, 4.69) is 26.2 Å². The third-order valence-corrected chi connectivity index (χ3v) is 3.95. The quantitative estimate of drug-likeness (QED) is 0.321. The highest BCUT2D eigenvalue weighted by Gasteiger charge is 2.17. The van der Waals surface area contributed by atoms with E-state index in [0.29, 0.717) is 4.47 Å². The van der Waals surface area contributed by atoms with Crippen molar-refractivity contribution in [2.75, 3.05) is 11.9 Å². The van der Waals surface area contributed by atoms with Gasteiger partial charge in [-0.1, -0.05) is 23.2 Å². The maximum Gasteiger partial charge on any atom is 0.359 e. The van der Waals surface area contributed by atoms with Crippen LogP contribution in [0.15, 0.2) is 34.8 Å². The number of halogens is 3. The summed E-state index contributed by atoms with van der Waals surface area (Å²) in [5, 5.41) is 13.2. The van der Waals surface area contributed by atoms with Crippen LogP contribution in [0.3, 0.4) is 0 Å². The molecule has 1 amide bonds. The average molecular weight is 449 g/mol. The minimum Gasteiger partial charge on any atom is -0.451 e. The van der Waals surface area contributed by atoms with Crippen molar-refractivity contribution in [2.45, 2.75) is 0 Å². The van der Waals surface area contributed by atoms with Crippen LogP contribution in [-0.2, 0) is 9.53 Å². The number of rotatable bonds is 5. The summed E-state index contributed by atoms with van der Waals surface area (Å²) in [6.07, 6.45) is 0. The lowest BCUT2D eigenvalue weighted by atomic mass is 10.3. The Morgan fingerprint density at radius 2 is 2.00 bits per heavy atom. The van der Waals surface area contributed by atoms with Gasteiger partial charge in [0.25, 0.3) is 11.6 Å². The number of non-ortho nitro benzene ring substituents is 1. The lowest BCUT2D eigenvalue weighted by Gasteiger charge is -2.08. The van der Waals surface area contributed by atoms with E-state index < -0.39 is 23.4 Å². The number of anilines is 1. The van der Waals surface area contributed by atoms with Crippen LogP contribution in [0.25, 0.3) is 0 Å². The van der Waals surface area contributed by atoms with Crippen molar-refractivity contribution in [3.63, 3.8) is 0 Å². The number of carbonyl (C=O) groups excluding carboxylic acids is 2. The van der Waals surface area contributed by atoms with Crippen LogP contribution in [0.1, 0.15) is 10.5 Å². The van der Waals surface area contributed by atoms with Crippen LogP contribution in [0.4, 0.5) is 11.4 Å². The Bertz CT molecular complexity index is 862. The zero-order valence-corrected chi connectivity index (χ0v) is 15.3. The van der Waals surface area contributed by atoms with Gasteiger partial charge in [-0.05, 0) is 34.1 Å². The molecule has 0 atom stereocenters. The molecule has 0 fully saturated rings. The third-order valence-electron chi connectivity index (χ3n) is 2.78. The van der Waals surface area contributed by atoms with Gasteiger partial charge >= 0.3 is 5.97 Å². The largest absolute Gasteiger partial charge is 0.451 e. The van der Waals surface area contributed by atoms with Crippen LogP contribution in [0.2, 0.25) is 10.2 Å². The van der Waals surface area contributed by atoms with Crippen molar-refractivity contribution < 1.29 is 19.2 Å². The number of nitro benzene ring substituents is 1. The number of nitro groups is 1. The molecule has 1 N–H and O–H groups in total. The maximum atomic E-state index is 11.9. The molecule has 130 valence electrons. The summed E-state index contributed by atoms with van der Waals surface area (Å²) < 4.78 is 5.13. The highest BCUT2D eigenvalue weighted by atomic mass is 79.9. The highest BCUT2D eigenvalue weighted by molar-refractivity contribution is 9.10. The lowest BCUT2D eigenvalue weighted by molar-refractivity contribution is -0.384. The van der Waals surface area contributed by atoms with Gasteiger partial charge in [0.05, 0.1) is 15.6 Å². The van der Waals surface area contributed by atoms with Gasteiger partial charge in [0.15, 0.2) is 12.3 Å². The predicted octanol–water partition coefficient (Wildman–Crippen LogP) is 3.85. The first kappa shape index (κ1) is 19.1. The number of nitrogens with zero attached hydrogens (tertiary/aromatic N) is 2. The topological polar surface area (TPSA) is 111 Å². The molecule has 0 saturated heterocycles. The molecule has 1 aromatic heterocycles. The summed E-state index contributed by atoms with van der Waals surface area (Å²) >= 11 is 14.6. The molecule has 0 bridgehead atoms. The van der Waals surface area contributed by atoms with Crippen molar-refractivity contribution in [1.29, 1.82) is 0 Å². The lowest BCUT2D eigenvalue weighted by Crippen LogP contribution is -2.21. The van der Waals surface area contributed by atoms with E-state index in [4.69, 9.17) is 27.9 Å². The number of carbonyl (C=O) groups is 2. The second kappa shape index (κ2) is 8.24. The van der Waals surface area contributed by atoms with Gasteiger partial charge in [-0.15, -0.1) is 0 Å². The van der Waals surface area contributed by atoms with Crippen molar-refractivity contribution in [3.8, 4) is 0 Å². The van der Waals surface area contributed by atoms with Crippen LogP contribution in [0.5, 0.6) is 0 Å². The number of benzene rings is 1. The van der Waals surface area contributed by atoms with Crippen LogP contribution in [-0.4, -0.2) is 28.4 Å². The van der Waals surface area contributed by atoms with Crippen molar-refractivity contribution in [2.24, 2.45) is 0 Å². The van der Waals surface area contributed by atoms with Crippen molar-refractivity contribution in [1.82, 2.24) is 4.98 Å². The predicted molar refractivity (Wildman–Crippen MR) is 94.0 cm³/mol. The fourth-order valence-corrected chi connectivity index (χ4v) is 2.46.